The second kappa shape index (κ2) is 8.79. The van der Waals surface area contributed by atoms with E-state index in [0.717, 1.165) is 0 Å². The molecule has 0 radical (unpaired) electrons. The summed E-state index contributed by atoms with van der Waals surface area (Å²) in [5.41, 5.74) is 0.949. The lowest BCUT2D eigenvalue weighted by Gasteiger charge is -2.11. The van der Waals surface area contributed by atoms with Gasteiger partial charge in [-0.25, -0.2) is 4.79 Å². The van der Waals surface area contributed by atoms with Crippen LogP contribution in [0.2, 0.25) is 0 Å². The standard InChI is InChI=1S/C19H21N3O5/c1-12(2)11-27-19(24)21-15-8-5-7-14(10-15)20-18(23)16-9-4-6-13(3)17(16)22(25)26/h4-10,12H,11H2,1-3H3,(H,20,23)(H,21,24). The van der Waals surface area contributed by atoms with Crippen molar-refractivity contribution in [3.63, 3.8) is 0 Å². The number of para-hydroxylation sites is 1. The first-order valence-electron chi connectivity index (χ1n) is 8.37. The normalized spacial score (nSPS) is 10.4. The number of nitrogens with one attached hydrogen (secondary N) is 2. The van der Waals surface area contributed by atoms with Gasteiger partial charge in [-0.1, -0.05) is 32.0 Å². The fourth-order valence-corrected chi connectivity index (χ4v) is 2.35. The highest BCUT2D eigenvalue weighted by atomic mass is 16.6. The minimum Gasteiger partial charge on any atom is -0.449 e. The van der Waals surface area contributed by atoms with Gasteiger partial charge >= 0.3 is 6.09 Å². The zero-order valence-electron chi connectivity index (χ0n) is 15.3. The Balaban J connectivity index is 2.13. The van der Waals surface area contributed by atoms with Gasteiger partial charge in [0.1, 0.15) is 5.56 Å². The molecule has 8 heteroatoms. The molecule has 0 fully saturated rings. The number of ether oxygens (including phenoxy) is 1. The summed E-state index contributed by atoms with van der Waals surface area (Å²) >= 11 is 0. The molecule has 0 spiro atoms. The van der Waals surface area contributed by atoms with E-state index in [1.807, 2.05) is 13.8 Å². The van der Waals surface area contributed by atoms with Gasteiger partial charge in [0.05, 0.1) is 11.5 Å². The molecule has 142 valence electrons. The fraction of sp³-hybridized carbons (Fsp3) is 0.263. The lowest BCUT2D eigenvalue weighted by molar-refractivity contribution is -0.385. The maximum atomic E-state index is 12.5. The largest absolute Gasteiger partial charge is 0.449 e. The van der Waals surface area contributed by atoms with Crippen molar-refractivity contribution in [2.75, 3.05) is 17.2 Å². The van der Waals surface area contributed by atoms with E-state index in [4.69, 9.17) is 4.74 Å². The summed E-state index contributed by atoms with van der Waals surface area (Å²) in [5.74, 6) is -0.392. The van der Waals surface area contributed by atoms with Crippen LogP contribution in [0.4, 0.5) is 21.9 Å². The summed E-state index contributed by atoms with van der Waals surface area (Å²) in [6.45, 7) is 5.71. The maximum absolute atomic E-state index is 12.5. The minimum absolute atomic E-state index is 0.0327. The van der Waals surface area contributed by atoms with Crippen molar-refractivity contribution in [2.45, 2.75) is 20.8 Å². The molecule has 2 amide bonds. The Bertz CT molecular complexity index is 864. The Morgan fingerprint density at radius 2 is 1.74 bits per heavy atom. The van der Waals surface area contributed by atoms with E-state index >= 15 is 0 Å². The van der Waals surface area contributed by atoms with Gasteiger partial charge in [-0.05, 0) is 37.1 Å². The van der Waals surface area contributed by atoms with Crippen molar-refractivity contribution in [1.29, 1.82) is 0 Å². The number of aryl methyl sites for hydroxylation is 1. The van der Waals surface area contributed by atoms with Crippen LogP contribution in [0.5, 0.6) is 0 Å². The summed E-state index contributed by atoms with van der Waals surface area (Å²) in [6.07, 6.45) is -0.596. The molecule has 27 heavy (non-hydrogen) atoms. The molecule has 0 aliphatic heterocycles. The average molecular weight is 371 g/mol. The third-order valence-electron chi connectivity index (χ3n) is 3.58. The van der Waals surface area contributed by atoms with Gasteiger partial charge < -0.3 is 10.1 Å². The summed E-state index contributed by atoms with van der Waals surface area (Å²) in [5, 5.41) is 16.4. The molecule has 0 bridgehead atoms. The van der Waals surface area contributed by atoms with E-state index in [9.17, 15) is 19.7 Å². The molecule has 0 unspecified atom stereocenters. The number of benzene rings is 2. The van der Waals surface area contributed by atoms with Gasteiger partial charge in [0.15, 0.2) is 0 Å². The molecule has 0 aromatic heterocycles. The number of anilines is 2. The average Bonchev–Trinajstić information content (AvgIpc) is 2.59. The third kappa shape index (κ3) is 5.53. The van der Waals surface area contributed by atoms with Crippen LogP contribution in [-0.2, 0) is 4.74 Å². The van der Waals surface area contributed by atoms with E-state index in [-0.39, 0.29) is 17.2 Å². The van der Waals surface area contributed by atoms with Crippen LogP contribution in [-0.4, -0.2) is 23.5 Å². The SMILES string of the molecule is Cc1cccc(C(=O)Nc2cccc(NC(=O)OCC(C)C)c2)c1[N+](=O)[O-]. The van der Waals surface area contributed by atoms with Crippen molar-refractivity contribution in [3.8, 4) is 0 Å². The minimum atomic E-state index is -0.607. The topological polar surface area (TPSA) is 111 Å². The molecule has 0 aliphatic rings. The molecule has 8 nitrogen and oxygen atoms in total. The smallest absolute Gasteiger partial charge is 0.411 e. The molecular formula is C19H21N3O5. The van der Waals surface area contributed by atoms with Crippen LogP contribution in [0.1, 0.15) is 29.8 Å². The molecule has 0 heterocycles. The number of nitro groups is 1. The number of hydrogen-bond donors (Lipinski definition) is 2. The molecule has 0 atom stereocenters. The Kier molecular flexibility index (Phi) is 6.48. The van der Waals surface area contributed by atoms with Gasteiger partial charge in [-0.3, -0.25) is 20.2 Å². The Morgan fingerprint density at radius 3 is 2.37 bits per heavy atom. The van der Waals surface area contributed by atoms with E-state index in [1.54, 1.807) is 37.3 Å². The van der Waals surface area contributed by atoms with E-state index in [0.29, 0.717) is 23.5 Å². The molecule has 2 aromatic carbocycles. The Hall–Kier alpha value is -3.42. The summed E-state index contributed by atoms with van der Waals surface area (Å²) in [6, 6.07) is 11.0. The Morgan fingerprint density at radius 1 is 1.11 bits per heavy atom. The van der Waals surface area contributed by atoms with E-state index in [2.05, 4.69) is 10.6 Å². The first kappa shape index (κ1) is 19.9. The van der Waals surface area contributed by atoms with Gasteiger partial charge in [-0.2, -0.15) is 0 Å². The third-order valence-corrected chi connectivity index (χ3v) is 3.58. The number of amides is 2. The molecule has 2 aromatic rings. The van der Waals surface area contributed by atoms with Crippen LogP contribution in [0.25, 0.3) is 0 Å². The summed E-state index contributed by atoms with van der Waals surface area (Å²) in [4.78, 5) is 34.9. The van der Waals surface area contributed by atoms with E-state index < -0.39 is 16.9 Å². The first-order chi connectivity index (χ1) is 12.8. The van der Waals surface area contributed by atoms with Crippen LogP contribution in [0.3, 0.4) is 0 Å². The van der Waals surface area contributed by atoms with Gasteiger partial charge in [0.2, 0.25) is 0 Å². The molecule has 2 rings (SSSR count). The fourth-order valence-electron chi connectivity index (χ4n) is 2.35. The predicted molar refractivity (Wildman–Crippen MR) is 102 cm³/mol. The summed E-state index contributed by atoms with van der Waals surface area (Å²) < 4.78 is 5.04. The number of hydrogen-bond acceptors (Lipinski definition) is 5. The van der Waals surface area contributed by atoms with Gasteiger partial charge in [0, 0.05) is 16.9 Å². The number of nitrogens with zero attached hydrogens (tertiary/aromatic N) is 1. The van der Waals surface area contributed by atoms with Crippen LogP contribution in [0, 0.1) is 23.0 Å². The maximum Gasteiger partial charge on any atom is 0.411 e. The van der Waals surface area contributed by atoms with Crippen molar-refractivity contribution in [3.05, 3.63) is 63.7 Å². The lowest BCUT2D eigenvalue weighted by atomic mass is 10.1. The van der Waals surface area contributed by atoms with Crippen molar-refractivity contribution >= 4 is 29.1 Å². The van der Waals surface area contributed by atoms with Crippen LogP contribution in [0.15, 0.2) is 42.5 Å². The molecule has 0 saturated carbocycles. The molecular weight excluding hydrogens is 350 g/mol. The lowest BCUT2D eigenvalue weighted by Crippen LogP contribution is -2.17. The molecule has 0 saturated heterocycles. The highest BCUT2D eigenvalue weighted by molar-refractivity contribution is 6.07. The highest BCUT2D eigenvalue weighted by Crippen LogP contribution is 2.24. The second-order valence-electron chi connectivity index (χ2n) is 6.38. The zero-order chi connectivity index (χ0) is 20.0. The van der Waals surface area contributed by atoms with Crippen LogP contribution < -0.4 is 10.6 Å². The second-order valence-corrected chi connectivity index (χ2v) is 6.38. The van der Waals surface area contributed by atoms with Gasteiger partial charge in [0.25, 0.3) is 11.6 Å². The number of carbonyl (C=O) groups excluding carboxylic acids is 2. The Labute approximate surface area is 156 Å². The van der Waals surface area contributed by atoms with Gasteiger partial charge in [-0.15, -0.1) is 0 Å². The van der Waals surface area contributed by atoms with Crippen molar-refractivity contribution < 1.29 is 19.2 Å². The van der Waals surface area contributed by atoms with Crippen molar-refractivity contribution in [2.24, 2.45) is 5.92 Å². The number of nitro benzene ring substituents is 1. The quantitative estimate of drug-likeness (QED) is 0.579. The van der Waals surface area contributed by atoms with E-state index in [1.165, 1.54) is 12.1 Å². The number of rotatable bonds is 6. The predicted octanol–water partition coefficient (Wildman–Crippen LogP) is 4.36. The zero-order valence-corrected chi connectivity index (χ0v) is 15.3. The van der Waals surface area contributed by atoms with Crippen molar-refractivity contribution in [1.82, 2.24) is 0 Å². The van der Waals surface area contributed by atoms with Crippen LogP contribution >= 0.6 is 0 Å². The molecule has 2 N–H and O–H groups in total. The highest BCUT2D eigenvalue weighted by Gasteiger charge is 2.22. The first-order valence-corrected chi connectivity index (χ1v) is 8.37. The number of carbonyl (C=O) groups is 2. The monoisotopic (exact) mass is 371 g/mol. The summed E-state index contributed by atoms with van der Waals surface area (Å²) in [7, 11) is 0. The molecule has 0 aliphatic carbocycles.